The van der Waals surface area contributed by atoms with Crippen LogP contribution < -0.4 is 4.72 Å². The predicted octanol–water partition coefficient (Wildman–Crippen LogP) is 0.974. The van der Waals surface area contributed by atoms with Crippen LogP contribution in [0.25, 0.3) is 0 Å². The van der Waals surface area contributed by atoms with Gasteiger partial charge in [-0.2, -0.15) is 0 Å². The molecule has 112 valence electrons. The van der Waals surface area contributed by atoms with E-state index in [1.807, 2.05) is 20.8 Å². The number of hydrogen-bond acceptors (Lipinski definition) is 4. The fourth-order valence-corrected chi connectivity index (χ4v) is 3.73. The SMILES string of the molecule is CCOC1CC(NS(=O)(=O)CCCC(=O)O)C1(C)C. The van der Waals surface area contributed by atoms with Crippen LogP contribution in [-0.2, 0) is 19.6 Å². The van der Waals surface area contributed by atoms with Crippen LogP contribution in [0.5, 0.6) is 0 Å². The summed E-state index contributed by atoms with van der Waals surface area (Å²) < 4.78 is 31.8. The Balaban J connectivity index is 2.45. The Kier molecular flexibility index (Phi) is 5.34. The van der Waals surface area contributed by atoms with Gasteiger partial charge in [0.25, 0.3) is 0 Å². The topological polar surface area (TPSA) is 92.7 Å². The largest absolute Gasteiger partial charge is 0.481 e. The van der Waals surface area contributed by atoms with E-state index in [-0.39, 0.29) is 36.2 Å². The second-order valence-corrected chi connectivity index (χ2v) is 7.36. The van der Waals surface area contributed by atoms with Gasteiger partial charge in [-0.3, -0.25) is 4.79 Å². The van der Waals surface area contributed by atoms with E-state index in [1.165, 1.54) is 0 Å². The quantitative estimate of drug-likeness (QED) is 0.695. The zero-order valence-electron chi connectivity index (χ0n) is 11.7. The molecule has 1 rings (SSSR count). The van der Waals surface area contributed by atoms with Crippen molar-refractivity contribution in [2.24, 2.45) is 5.41 Å². The summed E-state index contributed by atoms with van der Waals surface area (Å²) in [6.45, 7) is 6.48. The molecule has 0 bridgehead atoms. The highest BCUT2D eigenvalue weighted by Crippen LogP contribution is 2.43. The minimum absolute atomic E-state index is 0.0734. The number of hydrogen-bond donors (Lipinski definition) is 2. The van der Waals surface area contributed by atoms with Crippen molar-refractivity contribution in [3.8, 4) is 0 Å². The van der Waals surface area contributed by atoms with Crippen LogP contribution in [-0.4, -0.2) is 44.0 Å². The van der Waals surface area contributed by atoms with E-state index in [4.69, 9.17) is 9.84 Å². The van der Waals surface area contributed by atoms with Crippen molar-refractivity contribution in [3.63, 3.8) is 0 Å². The molecule has 0 radical (unpaired) electrons. The minimum atomic E-state index is -3.42. The third kappa shape index (κ3) is 4.43. The Morgan fingerprint density at radius 3 is 2.58 bits per heavy atom. The molecule has 0 aromatic carbocycles. The third-order valence-electron chi connectivity index (χ3n) is 3.67. The molecular formula is C12H23NO5S. The molecule has 1 fully saturated rings. The molecule has 19 heavy (non-hydrogen) atoms. The van der Waals surface area contributed by atoms with E-state index in [2.05, 4.69) is 4.72 Å². The molecule has 0 saturated heterocycles. The Labute approximate surface area is 114 Å². The Morgan fingerprint density at radius 2 is 2.11 bits per heavy atom. The third-order valence-corrected chi connectivity index (χ3v) is 5.14. The van der Waals surface area contributed by atoms with E-state index in [0.29, 0.717) is 13.0 Å². The van der Waals surface area contributed by atoms with Gasteiger partial charge in [0.15, 0.2) is 0 Å². The fourth-order valence-electron chi connectivity index (χ4n) is 2.26. The first-order valence-corrected chi connectivity index (χ1v) is 8.17. The van der Waals surface area contributed by atoms with Crippen molar-refractivity contribution in [1.29, 1.82) is 0 Å². The molecular weight excluding hydrogens is 270 g/mol. The number of nitrogens with one attached hydrogen (secondary N) is 1. The average molecular weight is 293 g/mol. The van der Waals surface area contributed by atoms with E-state index in [1.54, 1.807) is 0 Å². The van der Waals surface area contributed by atoms with E-state index in [0.717, 1.165) is 0 Å². The summed E-state index contributed by atoms with van der Waals surface area (Å²) >= 11 is 0. The second-order valence-electron chi connectivity index (χ2n) is 5.49. The number of carboxylic acid groups (broad SMARTS) is 1. The van der Waals surface area contributed by atoms with E-state index in [9.17, 15) is 13.2 Å². The number of carbonyl (C=O) groups is 1. The van der Waals surface area contributed by atoms with Gasteiger partial charge >= 0.3 is 5.97 Å². The molecule has 6 nitrogen and oxygen atoms in total. The lowest BCUT2D eigenvalue weighted by molar-refractivity contribution is -0.137. The summed E-state index contributed by atoms with van der Waals surface area (Å²) in [5.74, 6) is -1.12. The highest BCUT2D eigenvalue weighted by molar-refractivity contribution is 7.89. The molecule has 2 N–H and O–H groups in total. The minimum Gasteiger partial charge on any atom is -0.481 e. The average Bonchev–Trinajstić information content (AvgIpc) is 2.27. The Bertz CT molecular complexity index is 418. The molecule has 1 aliphatic rings. The highest BCUT2D eigenvalue weighted by Gasteiger charge is 2.50. The van der Waals surface area contributed by atoms with Gasteiger partial charge in [0.1, 0.15) is 0 Å². The van der Waals surface area contributed by atoms with Gasteiger partial charge in [0.2, 0.25) is 10.0 Å². The molecule has 1 aliphatic carbocycles. The maximum Gasteiger partial charge on any atom is 0.303 e. The number of aliphatic carboxylic acids is 1. The molecule has 1 saturated carbocycles. The molecule has 0 amide bonds. The predicted molar refractivity (Wildman–Crippen MR) is 71.4 cm³/mol. The van der Waals surface area contributed by atoms with Crippen LogP contribution in [0.4, 0.5) is 0 Å². The number of ether oxygens (including phenoxy) is 1. The van der Waals surface area contributed by atoms with Crippen LogP contribution in [0.15, 0.2) is 0 Å². The molecule has 2 unspecified atom stereocenters. The molecule has 0 heterocycles. The molecule has 0 aromatic heterocycles. The lowest BCUT2D eigenvalue weighted by atomic mass is 9.65. The molecule has 0 spiro atoms. The van der Waals surface area contributed by atoms with Crippen LogP contribution in [0.3, 0.4) is 0 Å². The van der Waals surface area contributed by atoms with Gasteiger partial charge in [-0.1, -0.05) is 13.8 Å². The number of rotatable bonds is 8. The smallest absolute Gasteiger partial charge is 0.303 e. The van der Waals surface area contributed by atoms with E-state index >= 15 is 0 Å². The van der Waals surface area contributed by atoms with Gasteiger partial charge in [-0.15, -0.1) is 0 Å². The maximum atomic E-state index is 11.8. The summed E-state index contributed by atoms with van der Waals surface area (Å²) in [5.41, 5.74) is -0.226. The summed E-state index contributed by atoms with van der Waals surface area (Å²) in [6, 6.07) is -0.140. The summed E-state index contributed by atoms with van der Waals surface area (Å²) in [6.07, 6.45) is 0.742. The molecule has 7 heteroatoms. The first-order chi connectivity index (χ1) is 8.69. The van der Waals surface area contributed by atoms with Crippen molar-refractivity contribution in [3.05, 3.63) is 0 Å². The molecule has 0 aliphatic heterocycles. The van der Waals surface area contributed by atoms with Crippen molar-refractivity contribution in [2.45, 2.75) is 52.2 Å². The first kappa shape index (κ1) is 16.4. The van der Waals surface area contributed by atoms with Gasteiger partial charge in [0.05, 0.1) is 11.9 Å². The van der Waals surface area contributed by atoms with Crippen LogP contribution in [0, 0.1) is 5.41 Å². The van der Waals surface area contributed by atoms with Gasteiger partial charge in [0, 0.05) is 24.5 Å². The zero-order chi connectivity index (χ0) is 14.7. The van der Waals surface area contributed by atoms with Gasteiger partial charge in [-0.25, -0.2) is 13.1 Å². The van der Waals surface area contributed by atoms with Crippen LogP contribution in [0.1, 0.15) is 40.0 Å². The van der Waals surface area contributed by atoms with Gasteiger partial charge < -0.3 is 9.84 Å². The van der Waals surface area contributed by atoms with Crippen molar-refractivity contribution in [2.75, 3.05) is 12.4 Å². The highest BCUT2D eigenvalue weighted by atomic mass is 32.2. The molecule has 2 atom stereocenters. The van der Waals surface area contributed by atoms with Crippen molar-refractivity contribution < 1.29 is 23.1 Å². The monoisotopic (exact) mass is 293 g/mol. The van der Waals surface area contributed by atoms with Crippen molar-refractivity contribution >= 4 is 16.0 Å². The Hall–Kier alpha value is -0.660. The first-order valence-electron chi connectivity index (χ1n) is 6.52. The van der Waals surface area contributed by atoms with Crippen LogP contribution in [0.2, 0.25) is 0 Å². The zero-order valence-corrected chi connectivity index (χ0v) is 12.5. The maximum absolute atomic E-state index is 11.8. The fraction of sp³-hybridized carbons (Fsp3) is 0.917. The second kappa shape index (κ2) is 6.19. The standard InChI is InChI=1S/C12H23NO5S/c1-4-18-10-8-9(12(10,2)3)13-19(16,17)7-5-6-11(14)15/h9-10,13H,4-8H2,1-3H3,(H,14,15). The lowest BCUT2D eigenvalue weighted by Crippen LogP contribution is -2.62. The number of carboxylic acids is 1. The Morgan fingerprint density at radius 1 is 1.47 bits per heavy atom. The van der Waals surface area contributed by atoms with Crippen molar-refractivity contribution in [1.82, 2.24) is 4.72 Å². The van der Waals surface area contributed by atoms with E-state index < -0.39 is 16.0 Å². The molecule has 0 aromatic rings. The van der Waals surface area contributed by atoms with Gasteiger partial charge in [-0.05, 0) is 19.8 Å². The summed E-state index contributed by atoms with van der Waals surface area (Å²) in [4.78, 5) is 10.4. The summed E-state index contributed by atoms with van der Waals surface area (Å²) in [7, 11) is -3.42. The number of sulfonamides is 1. The van der Waals surface area contributed by atoms with Crippen LogP contribution >= 0.6 is 0 Å². The normalized spacial score (nSPS) is 25.8. The lowest BCUT2D eigenvalue weighted by Gasteiger charge is -2.51. The summed E-state index contributed by atoms with van der Waals surface area (Å²) in [5, 5.41) is 8.49.